The third kappa shape index (κ3) is 2.26. The number of rotatable bonds is 2. The smallest absolute Gasteiger partial charge is 0.341 e. The number of esters is 2. The van der Waals surface area contributed by atoms with Crippen molar-refractivity contribution in [2.24, 2.45) is 0 Å². The summed E-state index contributed by atoms with van der Waals surface area (Å²) in [7, 11) is 2.29. The lowest BCUT2D eigenvalue weighted by molar-refractivity contribution is 0.0553. The Labute approximate surface area is 108 Å². The molecule has 0 aliphatic rings. The maximum atomic E-state index is 11.7. The number of hydrogen-bond donors (Lipinski definition) is 0. The predicted octanol–water partition coefficient (Wildman–Crippen LogP) is 1.49. The van der Waals surface area contributed by atoms with Crippen LogP contribution in [-0.2, 0) is 9.47 Å². The first kappa shape index (κ1) is 13.9. The summed E-state index contributed by atoms with van der Waals surface area (Å²) in [5, 5.41) is 8.88. The molecule has 1 rings (SSSR count). The summed E-state index contributed by atoms with van der Waals surface area (Å²) in [5.41, 5.74) is -0.379. The molecule has 0 bridgehead atoms. The van der Waals surface area contributed by atoms with Crippen molar-refractivity contribution in [2.75, 3.05) is 14.2 Å². The topological polar surface area (TPSA) is 89.3 Å². The average Bonchev–Trinajstić information content (AvgIpc) is 2.39. The largest absolute Gasteiger partial charge is 0.465 e. The van der Waals surface area contributed by atoms with Crippen molar-refractivity contribution in [2.45, 2.75) is 6.92 Å². The summed E-state index contributed by atoms with van der Waals surface area (Å²) in [6.45, 7) is 1.50. The number of nitriles is 1. The van der Waals surface area contributed by atoms with Gasteiger partial charge in [0.15, 0.2) is 5.69 Å². The Bertz CT molecular complexity index is 563. The Hall–Kier alpha value is -2.13. The fourth-order valence-electron chi connectivity index (χ4n) is 1.39. The van der Waals surface area contributed by atoms with Crippen molar-refractivity contribution < 1.29 is 19.1 Å². The van der Waals surface area contributed by atoms with Crippen LogP contribution in [0.2, 0.25) is 5.15 Å². The second-order valence-electron chi connectivity index (χ2n) is 3.22. The molecule has 0 saturated carbocycles. The Morgan fingerprint density at radius 1 is 1.22 bits per heavy atom. The van der Waals surface area contributed by atoms with Crippen LogP contribution >= 0.6 is 11.6 Å². The highest BCUT2D eigenvalue weighted by molar-refractivity contribution is 6.31. The van der Waals surface area contributed by atoms with Gasteiger partial charge in [-0.2, -0.15) is 5.26 Å². The highest BCUT2D eigenvalue weighted by atomic mass is 35.5. The summed E-state index contributed by atoms with van der Waals surface area (Å²) in [6, 6.07) is 1.69. The van der Waals surface area contributed by atoms with Gasteiger partial charge in [-0.3, -0.25) is 0 Å². The van der Waals surface area contributed by atoms with Crippen LogP contribution in [0.1, 0.15) is 32.0 Å². The Balaban J connectivity index is 3.73. The van der Waals surface area contributed by atoms with E-state index >= 15 is 0 Å². The van der Waals surface area contributed by atoms with Crippen LogP contribution < -0.4 is 0 Å². The van der Waals surface area contributed by atoms with Gasteiger partial charge in [-0.25, -0.2) is 14.6 Å². The molecule has 0 radical (unpaired) electrons. The predicted molar refractivity (Wildman–Crippen MR) is 61.4 cm³/mol. The minimum atomic E-state index is -0.848. The van der Waals surface area contributed by atoms with Crippen molar-refractivity contribution in [3.05, 3.63) is 27.5 Å². The molecule has 0 amide bonds. The van der Waals surface area contributed by atoms with E-state index in [2.05, 4.69) is 14.5 Å². The van der Waals surface area contributed by atoms with Crippen molar-refractivity contribution in [3.63, 3.8) is 0 Å². The van der Waals surface area contributed by atoms with Crippen LogP contribution in [0.4, 0.5) is 0 Å². The summed E-state index contributed by atoms with van der Waals surface area (Å²) in [6.07, 6.45) is 0. The van der Waals surface area contributed by atoms with Crippen LogP contribution in [0.5, 0.6) is 0 Å². The molecule has 1 heterocycles. The van der Waals surface area contributed by atoms with Crippen LogP contribution in [0.25, 0.3) is 0 Å². The van der Waals surface area contributed by atoms with Crippen LogP contribution in [-0.4, -0.2) is 31.1 Å². The van der Waals surface area contributed by atoms with Gasteiger partial charge in [-0.05, 0) is 6.92 Å². The molecule has 0 aliphatic heterocycles. The fourth-order valence-corrected chi connectivity index (χ4v) is 1.56. The first-order valence-electron chi connectivity index (χ1n) is 4.74. The zero-order chi connectivity index (χ0) is 13.9. The van der Waals surface area contributed by atoms with Gasteiger partial charge >= 0.3 is 11.9 Å². The standard InChI is InChI=1S/C11H9ClN2O4/c1-5-7(10(15)17-2)8(11(16)18-3)6(4-13)14-9(5)12/h1-3H3. The third-order valence-corrected chi connectivity index (χ3v) is 2.63. The summed E-state index contributed by atoms with van der Waals surface area (Å²) in [4.78, 5) is 27.0. The van der Waals surface area contributed by atoms with Gasteiger partial charge in [0.25, 0.3) is 0 Å². The Morgan fingerprint density at radius 2 is 1.72 bits per heavy atom. The van der Waals surface area contributed by atoms with Crippen molar-refractivity contribution >= 4 is 23.5 Å². The van der Waals surface area contributed by atoms with Gasteiger partial charge in [-0.1, -0.05) is 11.6 Å². The van der Waals surface area contributed by atoms with E-state index in [9.17, 15) is 9.59 Å². The van der Waals surface area contributed by atoms with Gasteiger partial charge in [0.05, 0.1) is 19.8 Å². The number of halogens is 1. The van der Waals surface area contributed by atoms with Crippen molar-refractivity contribution in [3.8, 4) is 6.07 Å². The zero-order valence-electron chi connectivity index (χ0n) is 9.91. The molecule has 0 N–H and O–H groups in total. The molecular formula is C11H9ClN2O4. The number of ether oxygens (including phenoxy) is 2. The van der Waals surface area contributed by atoms with Gasteiger partial charge in [0.2, 0.25) is 0 Å². The van der Waals surface area contributed by atoms with Crippen LogP contribution in [0.3, 0.4) is 0 Å². The van der Waals surface area contributed by atoms with Crippen molar-refractivity contribution in [1.82, 2.24) is 4.98 Å². The molecule has 0 unspecified atom stereocenters. The summed E-state index contributed by atoms with van der Waals surface area (Å²) < 4.78 is 9.09. The molecule has 7 heteroatoms. The van der Waals surface area contributed by atoms with E-state index in [0.717, 1.165) is 14.2 Å². The van der Waals surface area contributed by atoms with E-state index in [1.807, 2.05) is 0 Å². The fraction of sp³-hybridized carbons (Fsp3) is 0.273. The summed E-state index contributed by atoms with van der Waals surface area (Å²) >= 11 is 5.80. The minimum Gasteiger partial charge on any atom is -0.465 e. The second kappa shape index (κ2) is 5.47. The van der Waals surface area contributed by atoms with Gasteiger partial charge in [0.1, 0.15) is 16.8 Å². The maximum absolute atomic E-state index is 11.7. The van der Waals surface area contributed by atoms with E-state index in [4.69, 9.17) is 16.9 Å². The lowest BCUT2D eigenvalue weighted by Gasteiger charge is -2.11. The quantitative estimate of drug-likeness (QED) is 0.596. The average molecular weight is 269 g/mol. The third-order valence-electron chi connectivity index (χ3n) is 2.27. The number of carbonyl (C=O) groups is 2. The molecule has 1 aromatic rings. The van der Waals surface area contributed by atoms with E-state index < -0.39 is 11.9 Å². The number of pyridine rings is 1. The minimum absolute atomic E-state index is 0.0420. The molecule has 94 valence electrons. The molecule has 18 heavy (non-hydrogen) atoms. The van der Waals surface area contributed by atoms with Crippen LogP contribution in [0, 0.1) is 18.3 Å². The maximum Gasteiger partial charge on any atom is 0.341 e. The summed E-state index contributed by atoms with van der Waals surface area (Å²) in [5.74, 6) is -1.63. The molecule has 0 spiro atoms. The molecule has 0 atom stereocenters. The lowest BCUT2D eigenvalue weighted by atomic mass is 10.0. The van der Waals surface area contributed by atoms with Gasteiger partial charge < -0.3 is 9.47 Å². The van der Waals surface area contributed by atoms with Gasteiger partial charge in [-0.15, -0.1) is 0 Å². The SMILES string of the molecule is COC(=O)c1c(C#N)nc(Cl)c(C)c1C(=O)OC. The first-order chi connectivity index (χ1) is 8.47. The molecule has 0 aliphatic carbocycles. The molecule has 0 aromatic carbocycles. The highest BCUT2D eigenvalue weighted by Gasteiger charge is 2.27. The molecule has 1 aromatic heterocycles. The number of carbonyl (C=O) groups excluding carboxylic acids is 2. The Morgan fingerprint density at radius 3 is 2.17 bits per heavy atom. The van der Waals surface area contributed by atoms with E-state index in [1.165, 1.54) is 6.92 Å². The second-order valence-corrected chi connectivity index (χ2v) is 3.58. The number of nitrogens with zero attached hydrogens (tertiary/aromatic N) is 2. The highest BCUT2D eigenvalue weighted by Crippen LogP contribution is 2.24. The monoisotopic (exact) mass is 268 g/mol. The van der Waals surface area contributed by atoms with Gasteiger partial charge in [0, 0.05) is 5.56 Å². The molecule has 6 nitrogen and oxygen atoms in total. The number of methoxy groups -OCH3 is 2. The Kier molecular flexibility index (Phi) is 4.23. The molecular weight excluding hydrogens is 260 g/mol. The first-order valence-corrected chi connectivity index (χ1v) is 5.12. The zero-order valence-corrected chi connectivity index (χ0v) is 10.7. The van der Waals surface area contributed by atoms with Crippen molar-refractivity contribution in [1.29, 1.82) is 5.26 Å². The number of hydrogen-bond acceptors (Lipinski definition) is 6. The number of aromatic nitrogens is 1. The van der Waals surface area contributed by atoms with E-state index in [0.29, 0.717) is 0 Å². The normalized spacial score (nSPS) is 9.50. The van der Waals surface area contributed by atoms with E-state index in [-0.39, 0.29) is 27.5 Å². The van der Waals surface area contributed by atoms with E-state index in [1.54, 1.807) is 6.07 Å². The van der Waals surface area contributed by atoms with Crippen LogP contribution in [0.15, 0.2) is 0 Å². The molecule has 0 saturated heterocycles. The lowest BCUT2D eigenvalue weighted by Crippen LogP contribution is -2.17. The molecule has 0 fully saturated rings.